The first-order valence-electron chi connectivity index (χ1n) is 7.26. The molecule has 1 atom stereocenters. The number of phenols is 1. The van der Waals surface area contributed by atoms with Crippen molar-refractivity contribution >= 4 is 5.91 Å². The zero-order valence-corrected chi connectivity index (χ0v) is 13.3. The van der Waals surface area contributed by atoms with Gasteiger partial charge >= 0.3 is 0 Å². The number of phenolic OH excluding ortho intramolecular Hbond substituents is 1. The Bertz CT molecular complexity index is 675. The first-order chi connectivity index (χ1) is 10.5. The summed E-state index contributed by atoms with van der Waals surface area (Å²) in [5.41, 5.74) is 1.33. The van der Waals surface area contributed by atoms with Gasteiger partial charge in [0.25, 0.3) is 5.91 Å². The van der Waals surface area contributed by atoms with E-state index in [1.54, 1.807) is 31.2 Å². The quantitative estimate of drug-likeness (QED) is 0.815. The summed E-state index contributed by atoms with van der Waals surface area (Å²) in [6, 6.07) is 7.68. The smallest absolute Gasteiger partial charge is 0.257 e. The molecular formula is C17H22N2O3. The third-order valence-electron chi connectivity index (χ3n) is 3.04. The van der Waals surface area contributed by atoms with Crippen LogP contribution in [0.25, 0.3) is 0 Å². The van der Waals surface area contributed by atoms with Gasteiger partial charge in [0.1, 0.15) is 11.3 Å². The number of pyridine rings is 1. The zero-order chi connectivity index (χ0) is 16.7. The van der Waals surface area contributed by atoms with E-state index in [-0.39, 0.29) is 22.8 Å². The fourth-order valence-corrected chi connectivity index (χ4v) is 1.87. The Hall–Kier alpha value is -2.56. The Morgan fingerprint density at radius 2 is 1.82 bits per heavy atom. The van der Waals surface area contributed by atoms with Crippen LogP contribution in [-0.4, -0.2) is 16.0 Å². The highest BCUT2D eigenvalue weighted by atomic mass is 16.3. The second kappa shape index (κ2) is 8.02. The number of carbonyl (C=O) groups excluding carboxylic acids is 1. The topological polar surface area (TPSA) is 82.2 Å². The number of carbonyl (C=O) groups is 1. The lowest BCUT2D eigenvalue weighted by Crippen LogP contribution is -2.30. The van der Waals surface area contributed by atoms with Crippen LogP contribution < -0.4 is 10.7 Å². The second-order valence-corrected chi connectivity index (χ2v) is 4.68. The maximum atomic E-state index is 12.0. The van der Waals surface area contributed by atoms with Gasteiger partial charge in [0.2, 0.25) is 0 Å². The van der Waals surface area contributed by atoms with E-state index < -0.39 is 5.91 Å². The van der Waals surface area contributed by atoms with Crippen LogP contribution in [0.5, 0.6) is 5.75 Å². The van der Waals surface area contributed by atoms with Crippen molar-refractivity contribution in [1.82, 2.24) is 10.3 Å². The summed E-state index contributed by atoms with van der Waals surface area (Å²) in [4.78, 5) is 26.6. The van der Waals surface area contributed by atoms with Gasteiger partial charge in [-0.05, 0) is 31.5 Å². The molecule has 2 aromatic rings. The van der Waals surface area contributed by atoms with Crippen LogP contribution in [-0.2, 0) is 0 Å². The molecule has 0 aliphatic rings. The van der Waals surface area contributed by atoms with E-state index in [1.807, 2.05) is 20.8 Å². The number of H-pyrrole nitrogens is 1. The van der Waals surface area contributed by atoms with Crippen LogP contribution in [0.1, 0.15) is 48.4 Å². The molecule has 0 spiro atoms. The Morgan fingerprint density at radius 3 is 2.36 bits per heavy atom. The van der Waals surface area contributed by atoms with Crippen molar-refractivity contribution in [3.05, 3.63) is 63.6 Å². The predicted octanol–water partition coefficient (Wildman–Crippen LogP) is 2.91. The number of aromatic amines is 1. The third kappa shape index (κ3) is 4.48. The van der Waals surface area contributed by atoms with Crippen molar-refractivity contribution in [2.45, 2.75) is 33.7 Å². The minimum atomic E-state index is -0.424. The van der Waals surface area contributed by atoms with Gasteiger partial charge in [-0.15, -0.1) is 0 Å². The summed E-state index contributed by atoms with van der Waals surface area (Å²) in [6.45, 7) is 7.56. The summed E-state index contributed by atoms with van der Waals surface area (Å²) in [6.07, 6.45) is 1.41. The molecule has 118 valence electrons. The van der Waals surface area contributed by atoms with E-state index in [0.717, 1.165) is 5.56 Å². The summed E-state index contributed by atoms with van der Waals surface area (Å²) in [5, 5.41) is 12.0. The van der Waals surface area contributed by atoms with Crippen molar-refractivity contribution in [1.29, 1.82) is 0 Å². The van der Waals surface area contributed by atoms with E-state index in [2.05, 4.69) is 10.3 Å². The Morgan fingerprint density at radius 1 is 1.23 bits per heavy atom. The van der Waals surface area contributed by atoms with Gasteiger partial charge in [-0.25, -0.2) is 0 Å². The number of hydrogen-bond acceptors (Lipinski definition) is 3. The number of aryl methyl sites for hydroxylation is 1. The molecule has 0 fully saturated rings. The van der Waals surface area contributed by atoms with Crippen LogP contribution in [0, 0.1) is 6.92 Å². The van der Waals surface area contributed by atoms with Crippen LogP contribution in [0.15, 0.2) is 41.3 Å². The molecule has 0 saturated heterocycles. The van der Waals surface area contributed by atoms with E-state index >= 15 is 0 Å². The van der Waals surface area contributed by atoms with E-state index in [9.17, 15) is 14.7 Å². The van der Waals surface area contributed by atoms with Crippen molar-refractivity contribution in [3.8, 4) is 5.75 Å². The average molecular weight is 302 g/mol. The average Bonchev–Trinajstić information content (AvgIpc) is 2.49. The number of nitrogens with one attached hydrogen (secondary N) is 2. The monoisotopic (exact) mass is 302 g/mol. The number of hydrogen-bond donors (Lipinski definition) is 3. The van der Waals surface area contributed by atoms with E-state index in [0.29, 0.717) is 5.69 Å². The molecule has 0 saturated carbocycles. The maximum Gasteiger partial charge on any atom is 0.257 e. The first kappa shape index (κ1) is 17.5. The van der Waals surface area contributed by atoms with Crippen molar-refractivity contribution in [3.63, 3.8) is 0 Å². The summed E-state index contributed by atoms with van der Waals surface area (Å²) >= 11 is 0. The molecule has 1 aromatic carbocycles. The molecule has 1 heterocycles. The van der Waals surface area contributed by atoms with Crippen LogP contribution in [0.2, 0.25) is 0 Å². The first-order valence-corrected chi connectivity index (χ1v) is 7.26. The lowest BCUT2D eigenvalue weighted by Gasteiger charge is -2.14. The highest BCUT2D eigenvalue weighted by Gasteiger charge is 2.14. The van der Waals surface area contributed by atoms with Crippen LogP contribution >= 0.6 is 0 Å². The van der Waals surface area contributed by atoms with Gasteiger partial charge in [-0.3, -0.25) is 9.59 Å². The number of rotatable bonds is 3. The SMILES string of the molecule is CC.Cc1cc(=O)c(C(=O)NC(C)c2ccc(O)cc2)c[nH]1. The van der Waals surface area contributed by atoms with Crippen LogP contribution in [0.4, 0.5) is 0 Å². The number of amides is 1. The minimum absolute atomic E-state index is 0.0845. The Balaban J connectivity index is 0.00000116. The van der Waals surface area contributed by atoms with Crippen molar-refractivity contribution in [2.24, 2.45) is 0 Å². The summed E-state index contributed by atoms with van der Waals surface area (Å²) in [5.74, 6) is -0.255. The molecule has 0 aliphatic heterocycles. The van der Waals surface area contributed by atoms with Gasteiger partial charge < -0.3 is 15.4 Å². The fraction of sp³-hybridized carbons (Fsp3) is 0.294. The molecule has 1 amide bonds. The van der Waals surface area contributed by atoms with Gasteiger partial charge in [-0.1, -0.05) is 26.0 Å². The van der Waals surface area contributed by atoms with Crippen molar-refractivity contribution in [2.75, 3.05) is 0 Å². The molecule has 3 N–H and O–H groups in total. The molecule has 5 nitrogen and oxygen atoms in total. The lowest BCUT2D eigenvalue weighted by molar-refractivity contribution is 0.0938. The molecule has 0 bridgehead atoms. The molecule has 1 unspecified atom stereocenters. The molecule has 5 heteroatoms. The predicted molar refractivity (Wildman–Crippen MR) is 87.1 cm³/mol. The number of aromatic nitrogens is 1. The summed E-state index contributed by atoms with van der Waals surface area (Å²) in [7, 11) is 0. The minimum Gasteiger partial charge on any atom is -0.508 e. The highest BCUT2D eigenvalue weighted by Crippen LogP contribution is 2.16. The standard InChI is InChI=1S/C15H16N2O3.C2H6/c1-9-7-14(19)13(8-16-9)15(20)17-10(2)11-3-5-12(18)6-4-11;1-2/h3-8,10,18H,1-2H3,(H,16,19)(H,17,20);1-2H3. The van der Waals surface area contributed by atoms with Crippen LogP contribution in [0.3, 0.4) is 0 Å². The van der Waals surface area contributed by atoms with Gasteiger partial charge in [0, 0.05) is 18.0 Å². The maximum absolute atomic E-state index is 12.0. The fourth-order valence-electron chi connectivity index (χ4n) is 1.87. The molecule has 1 aromatic heterocycles. The molecule has 0 radical (unpaired) electrons. The lowest BCUT2D eigenvalue weighted by atomic mass is 10.1. The Kier molecular flexibility index (Phi) is 6.38. The summed E-state index contributed by atoms with van der Waals surface area (Å²) < 4.78 is 0. The normalized spacial score (nSPS) is 11.1. The Labute approximate surface area is 130 Å². The molecule has 2 rings (SSSR count). The second-order valence-electron chi connectivity index (χ2n) is 4.68. The number of benzene rings is 1. The van der Waals surface area contributed by atoms with Crippen molar-refractivity contribution < 1.29 is 9.90 Å². The number of aromatic hydroxyl groups is 1. The zero-order valence-electron chi connectivity index (χ0n) is 13.3. The molecule has 22 heavy (non-hydrogen) atoms. The van der Waals surface area contributed by atoms with E-state index in [1.165, 1.54) is 12.3 Å². The van der Waals surface area contributed by atoms with Gasteiger partial charge in [0.15, 0.2) is 5.43 Å². The molecular weight excluding hydrogens is 280 g/mol. The van der Waals surface area contributed by atoms with E-state index in [4.69, 9.17) is 0 Å². The highest BCUT2D eigenvalue weighted by molar-refractivity contribution is 5.94. The molecule has 0 aliphatic carbocycles. The largest absolute Gasteiger partial charge is 0.508 e. The third-order valence-corrected chi connectivity index (χ3v) is 3.04. The van der Waals surface area contributed by atoms with Gasteiger partial charge in [0.05, 0.1) is 6.04 Å². The van der Waals surface area contributed by atoms with Gasteiger partial charge in [-0.2, -0.15) is 0 Å².